The van der Waals surface area contributed by atoms with Crippen LogP contribution in [0.5, 0.6) is 0 Å². The number of para-hydroxylation sites is 4. The molecule has 2 aromatic heterocycles. The first-order valence-corrected chi connectivity index (χ1v) is 22.7. The maximum Gasteiger partial charge on any atom is 0.159 e. The van der Waals surface area contributed by atoms with E-state index in [1.165, 1.54) is 54.2 Å². The van der Waals surface area contributed by atoms with Crippen LogP contribution < -0.4 is 9.80 Å². The van der Waals surface area contributed by atoms with Crippen LogP contribution >= 0.6 is 0 Å². The van der Waals surface area contributed by atoms with Crippen LogP contribution in [0, 0.1) is 13.8 Å². The molecule has 0 aliphatic carbocycles. The fourth-order valence-electron chi connectivity index (χ4n) is 11.0. The van der Waals surface area contributed by atoms with Crippen molar-refractivity contribution in [1.82, 2.24) is 0 Å². The van der Waals surface area contributed by atoms with Gasteiger partial charge in [-0.25, -0.2) is 0 Å². The molecule has 0 unspecified atom stereocenters. The van der Waals surface area contributed by atoms with E-state index in [-0.39, 0.29) is 0 Å². The van der Waals surface area contributed by atoms with Crippen molar-refractivity contribution >= 4 is 132 Å². The Morgan fingerprint density at radius 2 is 0.652 bits per heavy atom. The Bertz CT molecular complexity index is 4010. The normalized spacial score (nSPS) is 12.1. The maximum atomic E-state index is 6.85. The lowest BCUT2D eigenvalue weighted by Crippen LogP contribution is -2.13. The third-order valence-electron chi connectivity index (χ3n) is 14.0. The Labute approximate surface area is 380 Å². The van der Waals surface area contributed by atoms with Crippen LogP contribution in [0.2, 0.25) is 0 Å². The Morgan fingerprint density at radius 3 is 1.12 bits per heavy atom. The van der Waals surface area contributed by atoms with Gasteiger partial charge in [0.25, 0.3) is 0 Å². The predicted molar refractivity (Wildman–Crippen MR) is 279 cm³/mol. The highest BCUT2D eigenvalue weighted by Gasteiger charge is 2.28. The number of furan rings is 2. The largest absolute Gasteiger partial charge is 0.454 e. The van der Waals surface area contributed by atoms with Crippen molar-refractivity contribution in [3.05, 3.63) is 217 Å². The molecule has 0 saturated carbocycles. The molecule has 0 radical (unpaired) electrons. The van der Waals surface area contributed by atoms with E-state index in [0.29, 0.717) is 0 Å². The maximum absolute atomic E-state index is 6.85. The zero-order chi connectivity index (χ0) is 43.6. The van der Waals surface area contributed by atoms with Gasteiger partial charge in [-0.05, 0) is 93.7 Å². The SMILES string of the molecule is Cc1ccc2ccccc2c1N(c1ccc2ccc3c(N(c4c(C)ccc5ccccc45)c4cccc5c4oc4ccccc45)ccc4ccc1c2c43)c1cccc2c1oc1ccccc12. The summed E-state index contributed by atoms with van der Waals surface area (Å²) in [6, 6.07) is 74.7. The smallest absolute Gasteiger partial charge is 0.159 e. The number of rotatable bonds is 6. The minimum Gasteiger partial charge on any atom is -0.454 e. The highest BCUT2D eigenvalue weighted by Crippen LogP contribution is 2.52. The van der Waals surface area contributed by atoms with Crippen molar-refractivity contribution < 1.29 is 8.83 Å². The highest BCUT2D eigenvalue weighted by molar-refractivity contribution is 6.29. The number of benzene rings is 12. The summed E-state index contributed by atoms with van der Waals surface area (Å²) >= 11 is 0. The highest BCUT2D eigenvalue weighted by atomic mass is 16.3. The van der Waals surface area contributed by atoms with E-state index in [0.717, 1.165) is 88.8 Å². The molecule has 0 N–H and O–H groups in total. The Kier molecular flexibility index (Phi) is 7.79. The average molecular weight is 845 g/mol. The molecule has 12 aromatic carbocycles. The van der Waals surface area contributed by atoms with Crippen molar-refractivity contribution in [2.75, 3.05) is 9.80 Å². The Hall–Kier alpha value is -8.60. The lowest BCUT2D eigenvalue weighted by atomic mass is 9.91. The monoisotopic (exact) mass is 844 g/mol. The molecular weight excluding hydrogens is 805 g/mol. The number of hydrogen-bond donors (Lipinski definition) is 0. The lowest BCUT2D eigenvalue weighted by Gasteiger charge is -2.31. The first kappa shape index (κ1) is 36.8. The van der Waals surface area contributed by atoms with Gasteiger partial charge in [0, 0.05) is 43.1 Å². The molecule has 66 heavy (non-hydrogen) atoms. The van der Waals surface area contributed by atoms with Crippen LogP contribution in [0.4, 0.5) is 34.1 Å². The number of anilines is 6. The molecule has 0 bridgehead atoms. The van der Waals surface area contributed by atoms with Crippen molar-refractivity contribution in [2.24, 2.45) is 0 Å². The summed E-state index contributed by atoms with van der Waals surface area (Å²) in [5.41, 5.74) is 12.3. The van der Waals surface area contributed by atoms with Gasteiger partial charge in [0.15, 0.2) is 11.2 Å². The van der Waals surface area contributed by atoms with E-state index in [9.17, 15) is 0 Å². The lowest BCUT2D eigenvalue weighted by molar-refractivity contribution is 0.669. The fourth-order valence-corrected chi connectivity index (χ4v) is 11.0. The molecule has 2 heterocycles. The van der Waals surface area contributed by atoms with E-state index in [4.69, 9.17) is 8.83 Å². The van der Waals surface area contributed by atoms with Gasteiger partial charge >= 0.3 is 0 Å². The molecule has 0 amide bonds. The number of nitrogens with zero attached hydrogens (tertiary/aromatic N) is 2. The average Bonchev–Trinajstić information content (AvgIpc) is 3.95. The summed E-state index contributed by atoms with van der Waals surface area (Å²) in [4.78, 5) is 4.92. The second-order valence-electron chi connectivity index (χ2n) is 17.7. The second kappa shape index (κ2) is 13.9. The molecular formula is C62H40N2O2. The summed E-state index contributed by atoms with van der Waals surface area (Å²) < 4.78 is 13.7. The first-order chi connectivity index (χ1) is 32.6. The topological polar surface area (TPSA) is 32.8 Å². The van der Waals surface area contributed by atoms with Gasteiger partial charge < -0.3 is 18.6 Å². The Morgan fingerprint density at radius 1 is 0.273 bits per heavy atom. The summed E-state index contributed by atoms with van der Waals surface area (Å²) in [5, 5.41) is 16.3. The number of hydrogen-bond acceptors (Lipinski definition) is 4. The van der Waals surface area contributed by atoms with Crippen LogP contribution in [-0.4, -0.2) is 0 Å². The number of aryl methyl sites for hydroxylation is 2. The molecule has 310 valence electrons. The quantitative estimate of drug-likeness (QED) is 0.156. The molecule has 14 aromatic rings. The zero-order valence-corrected chi connectivity index (χ0v) is 36.3. The molecule has 0 aliphatic heterocycles. The molecule has 14 rings (SSSR count). The molecule has 0 atom stereocenters. The Balaban J connectivity index is 1.09. The van der Waals surface area contributed by atoms with Gasteiger partial charge in [-0.3, -0.25) is 0 Å². The van der Waals surface area contributed by atoms with Crippen LogP contribution in [-0.2, 0) is 0 Å². The van der Waals surface area contributed by atoms with Crippen molar-refractivity contribution in [3.8, 4) is 0 Å². The molecule has 0 spiro atoms. The minimum atomic E-state index is 0.861. The molecule has 4 nitrogen and oxygen atoms in total. The van der Waals surface area contributed by atoms with Gasteiger partial charge in [0.1, 0.15) is 11.2 Å². The summed E-state index contributed by atoms with van der Waals surface area (Å²) in [6.45, 7) is 4.45. The van der Waals surface area contributed by atoms with Crippen LogP contribution in [0.3, 0.4) is 0 Å². The number of fused-ring (bicyclic) bond motifs is 8. The fraction of sp³-hybridized carbons (Fsp3) is 0.0323. The zero-order valence-electron chi connectivity index (χ0n) is 36.3. The van der Waals surface area contributed by atoms with E-state index in [1.54, 1.807) is 0 Å². The van der Waals surface area contributed by atoms with Gasteiger partial charge in [0.05, 0.1) is 34.1 Å². The van der Waals surface area contributed by atoms with Crippen LogP contribution in [0.1, 0.15) is 11.1 Å². The third-order valence-corrected chi connectivity index (χ3v) is 14.0. The van der Waals surface area contributed by atoms with Crippen LogP contribution in [0.25, 0.3) is 97.7 Å². The molecule has 0 fully saturated rings. The summed E-state index contributed by atoms with van der Waals surface area (Å²) in [5.74, 6) is 0. The first-order valence-electron chi connectivity index (χ1n) is 22.7. The standard InChI is InChI=1S/C62H40N2O2/c1-37-25-27-39-13-3-5-15-43(39)59(37)63(53-21-11-19-47-45-17-7-9-23-55(45)65-61(47)53)51-35-31-41-30-34-50-52(36-32-42-29-33-49(51)57(41)58(42)50)64(60-38(2)26-28-40-14-4-6-16-44(40)60)54-22-12-20-48-46-18-8-10-24-56(46)66-62(48)54/h3-36H,1-2H3. The molecule has 4 heteroatoms. The molecule has 0 aliphatic rings. The van der Waals surface area contributed by atoms with Gasteiger partial charge in [-0.2, -0.15) is 0 Å². The van der Waals surface area contributed by atoms with Crippen molar-refractivity contribution in [3.63, 3.8) is 0 Å². The van der Waals surface area contributed by atoms with E-state index < -0.39 is 0 Å². The molecule has 0 saturated heterocycles. The van der Waals surface area contributed by atoms with Crippen LogP contribution in [0.15, 0.2) is 215 Å². The van der Waals surface area contributed by atoms with E-state index in [1.807, 2.05) is 12.1 Å². The van der Waals surface area contributed by atoms with E-state index >= 15 is 0 Å². The predicted octanol–water partition coefficient (Wildman–Crippen LogP) is 18.2. The third kappa shape index (κ3) is 5.21. The summed E-state index contributed by atoms with van der Waals surface area (Å²) in [7, 11) is 0. The van der Waals surface area contributed by atoms with E-state index in [2.05, 4.69) is 218 Å². The summed E-state index contributed by atoms with van der Waals surface area (Å²) in [6.07, 6.45) is 0. The minimum absolute atomic E-state index is 0.861. The van der Waals surface area contributed by atoms with Crippen molar-refractivity contribution in [2.45, 2.75) is 13.8 Å². The van der Waals surface area contributed by atoms with Crippen molar-refractivity contribution in [1.29, 1.82) is 0 Å². The van der Waals surface area contributed by atoms with Gasteiger partial charge in [0.2, 0.25) is 0 Å². The second-order valence-corrected chi connectivity index (χ2v) is 17.7. The van der Waals surface area contributed by atoms with Gasteiger partial charge in [-0.15, -0.1) is 0 Å². The van der Waals surface area contributed by atoms with Gasteiger partial charge in [-0.1, -0.05) is 170 Å².